The van der Waals surface area contributed by atoms with Gasteiger partial charge in [-0.05, 0) is 11.6 Å². The van der Waals surface area contributed by atoms with Crippen LogP contribution in [-0.4, -0.2) is 44.0 Å². The molecule has 17 heavy (non-hydrogen) atoms. The highest BCUT2D eigenvalue weighted by molar-refractivity contribution is 7.89. The average molecular weight is 255 g/mol. The first kappa shape index (κ1) is 10.9. The summed E-state index contributed by atoms with van der Waals surface area (Å²) in [5, 5.41) is 4.42. The molecule has 0 amide bonds. The number of hydrogen-bond acceptors (Lipinski definition) is 6. The fraction of sp³-hybridized carbons (Fsp3) is 0.444. The van der Waals surface area contributed by atoms with Crippen LogP contribution in [0.4, 0.5) is 0 Å². The zero-order valence-electron chi connectivity index (χ0n) is 9.00. The zero-order chi connectivity index (χ0) is 12.0. The van der Waals surface area contributed by atoms with E-state index in [0.29, 0.717) is 13.1 Å². The topological polar surface area (TPSA) is 99.8 Å². The Hall–Kier alpha value is -1.22. The Bertz CT molecular complexity index is 536. The van der Waals surface area contributed by atoms with Crippen LogP contribution in [0.25, 0.3) is 0 Å². The van der Waals surface area contributed by atoms with Crippen molar-refractivity contribution in [3.05, 3.63) is 23.5 Å². The van der Waals surface area contributed by atoms with Gasteiger partial charge in [0.1, 0.15) is 0 Å². The van der Waals surface area contributed by atoms with E-state index >= 15 is 0 Å². The van der Waals surface area contributed by atoms with Crippen molar-refractivity contribution >= 4 is 16.2 Å². The molecule has 0 aliphatic carbocycles. The van der Waals surface area contributed by atoms with Gasteiger partial charge in [0.15, 0.2) is 5.37 Å². The summed E-state index contributed by atoms with van der Waals surface area (Å²) in [4.78, 5) is 6.06. The van der Waals surface area contributed by atoms with Crippen LogP contribution in [-0.2, 0) is 10.0 Å². The van der Waals surface area contributed by atoms with E-state index in [1.165, 1.54) is 0 Å². The monoisotopic (exact) mass is 255 g/mol. The number of hydrogen-bond donors (Lipinski definition) is 3. The van der Waals surface area contributed by atoms with Gasteiger partial charge in [0, 0.05) is 19.0 Å². The standard InChI is InChI=1S/C9H13N5O2S/c10-17(15,16)9-8-6(4-12-13-9)3-7-5-11-1-2-14(7)8/h1,3,5,8-9,12-13H,2,4H2,(H2,10,15,16). The molecule has 8 heteroatoms. The van der Waals surface area contributed by atoms with Crippen molar-refractivity contribution < 1.29 is 8.42 Å². The minimum absolute atomic E-state index is 0.246. The molecule has 2 atom stereocenters. The molecule has 4 N–H and O–H groups in total. The molecule has 1 fully saturated rings. The largest absolute Gasteiger partial charge is 0.355 e. The van der Waals surface area contributed by atoms with Crippen molar-refractivity contribution in [1.82, 2.24) is 15.8 Å². The molecule has 0 aromatic heterocycles. The molecule has 2 unspecified atom stereocenters. The predicted octanol–water partition coefficient (Wildman–Crippen LogP) is -1.75. The van der Waals surface area contributed by atoms with Gasteiger partial charge in [-0.1, -0.05) is 0 Å². The number of aliphatic imine (C=N–C) groups is 1. The molecular weight excluding hydrogens is 242 g/mol. The summed E-state index contributed by atoms with van der Waals surface area (Å²) in [6, 6.07) is -0.246. The van der Waals surface area contributed by atoms with Gasteiger partial charge >= 0.3 is 0 Å². The van der Waals surface area contributed by atoms with E-state index in [0.717, 1.165) is 11.3 Å². The Labute approximate surface area is 99.1 Å². The Morgan fingerprint density at radius 2 is 2.35 bits per heavy atom. The fourth-order valence-corrected chi connectivity index (χ4v) is 3.35. The first-order valence-corrected chi connectivity index (χ1v) is 6.87. The number of nitrogens with zero attached hydrogens (tertiary/aromatic N) is 2. The Balaban J connectivity index is 2.01. The van der Waals surface area contributed by atoms with Crippen LogP contribution in [0.2, 0.25) is 0 Å². The molecule has 3 aliphatic heterocycles. The van der Waals surface area contributed by atoms with Crippen molar-refractivity contribution in [1.29, 1.82) is 0 Å². The summed E-state index contributed by atoms with van der Waals surface area (Å²) >= 11 is 0. The second-order valence-corrected chi connectivity index (χ2v) is 5.90. The summed E-state index contributed by atoms with van der Waals surface area (Å²) in [5.41, 5.74) is 7.55. The molecule has 0 bridgehead atoms. The summed E-state index contributed by atoms with van der Waals surface area (Å²) in [7, 11) is -3.66. The third-order valence-electron chi connectivity index (χ3n) is 3.15. The summed E-state index contributed by atoms with van der Waals surface area (Å²) < 4.78 is 23.1. The molecule has 0 aromatic carbocycles. The second-order valence-electron chi connectivity index (χ2n) is 4.21. The number of nitrogens with two attached hydrogens (primary N) is 1. The highest BCUT2D eigenvalue weighted by atomic mass is 32.2. The van der Waals surface area contributed by atoms with E-state index in [4.69, 9.17) is 5.14 Å². The SMILES string of the molecule is NS(=O)(=O)C1NNCC2=CC3=CN=CCN3C21. The van der Waals surface area contributed by atoms with Crippen molar-refractivity contribution in [2.24, 2.45) is 10.1 Å². The first-order valence-electron chi connectivity index (χ1n) is 5.26. The number of allylic oxidation sites excluding steroid dienone is 1. The van der Waals surface area contributed by atoms with Gasteiger partial charge in [-0.25, -0.2) is 19.0 Å². The van der Waals surface area contributed by atoms with Crippen LogP contribution in [0.3, 0.4) is 0 Å². The number of fused-ring (bicyclic) bond motifs is 3. The third-order valence-corrected chi connectivity index (χ3v) is 4.23. The quantitative estimate of drug-likeness (QED) is 0.516. The van der Waals surface area contributed by atoms with Gasteiger partial charge in [-0.3, -0.25) is 10.4 Å². The number of sulfonamides is 1. The van der Waals surface area contributed by atoms with Gasteiger partial charge < -0.3 is 4.90 Å². The molecule has 1 saturated heterocycles. The van der Waals surface area contributed by atoms with E-state index in [2.05, 4.69) is 15.8 Å². The zero-order valence-corrected chi connectivity index (χ0v) is 9.81. The molecule has 7 nitrogen and oxygen atoms in total. The predicted molar refractivity (Wildman–Crippen MR) is 63.2 cm³/mol. The van der Waals surface area contributed by atoms with Crippen molar-refractivity contribution in [2.75, 3.05) is 13.1 Å². The Morgan fingerprint density at radius 1 is 1.53 bits per heavy atom. The lowest BCUT2D eigenvalue weighted by Crippen LogP contribution is -2.63. The Kier molecular flexibility index (Phi) is 2.33. The van der Waals surface area contributed by atoms with Gasteiger partial charge in [-0.2, -0.15) is 0 Å². The van der Waals surface area contributed by atoms with Gasteiger partial charge in [0.2, 0.25) is 10.0 Å². The average Bonchev–Trinajstić information content (AvgIpc) is 2.65. The summed E-state index contributed by atoms with van der Waals surface area (Å²) in [6.45, 7) is 1.20. The fourth-order valence-electron chi connectivity index (χ4n) is 2.42. The van der Waals surface area contributed by atoms with E-state index < -0.39 is 15.4 Å². The maximum absolute atomic E-state index is 11.6. The highest BCUT2D eigenvalue weighted by Crippen LogP contribution is 2.31. The van der Waals surface area contributed by atoms with E-state index in [1.807, 2.05) is 11.0 Å². The molecule has 0 saturated carbocycles. The number of hydrazine groups is 1. The molecular formula is C9H13N5O2S. The highest BCUT2D eigenvalue weighted by Gasteiger charge is 2.43. The van der Waals surface area contributed by atoms with Gasteiger partial charge in [0.05, 0.1) is 18.3 Å². The van der Waals surface area contributed by atoms with Gasteiger partial charge in [0.25, 0.3) is 0 Å². The molecule has 3 heterocycles. The minimum atomic E-state index is -3.66. The summed E-state index contributed by atoms with van der Waals surface area (Å²) in [5.74, 6) is 0. The lowest BCUT2D eigenvalue weighted by molar-refractivity contribution is 0.271. The molecule has 3 aliphatic rings. The van der Waals surface area contributed by atoms with Crippen molar-refractivity contribution in [3.63, 3.8) is 0 Å². The number of primary sulfonamides is 1. The maximum atomic E-state index is 11.6. The molecule has 0 spiro atoms. The Morgan fingerprint density at radius 3 is 3.12 bits per heavy atom. The van der Waals surface area contributed by atoms with Crippen LogP contribution >= 0.6 is 0 Å². The normalized spacial score (nSPS) is 31.7. The van der Waals surface area contributed by atoms with E-state index in [9.17, 15) is 8.42 Å². The molecule has 0 aromatic rings. The third kappa shape index (κ3) is 1.69. The number of rotatable bonds is 1. The smallest absolute Gasteiger partial charge is 0.228 e. The van der Waals surface area contributed by atoms with Crippen LogP contribution < -0.4 is 16.0 Å². The molecule has 0 radical (unpaired) electrons. The maximum Gasteiger partial charge on any atom is 0.228 e. The van der Waals surface area contributed by atoms with E-state index in [-0.39, 0.29) is 6.04 Å². The van der Waals surface area contributed by atoms with Crippen molar-refractivity contribution in [2.45, 2.75) is 11.4 Å². The van der Waals surface area contributed by atoms with Crippen molar-refractivity contribution in [3.8, 4) is 0 Å². The van der Waals surface area contributed by atoms with Crippen LogP contribution in [0.15, 0.2) is 28.5 Å². The van der Waals surface area contributed by atoms with Gasteiger partial charge in [-0.15, -0.1) is 0 Å². The van der Waals surface area contributed by atoms with Crippen LogP contribution in [0.5, 0.6) is 0 Å². The number of nitrogens with one attached hydrogen (secondary N) is 2. The summed E-state index contributed by atoms with van der Waals surface area (Å²) in [6.07, 6.45) is 5.45. The van der Waals surface area contributed by atoms with E-state index in [1.54, 1.807) is 12.4 Å². The molecule has 92 valence electrons. The van der Waals surface area contributed by atoms with Crippen LogP contribution in [0, 0.1) is 0 Å². The van der Waals surface area contributed by atoms with Crippen LogP contribution in [0.1, 0.15) is 0 Å². The minimum Gasteiger partial charge on any atom is -0.355 e. The lowest BCUT2D eigenvalue weighted by Gasteiger charge is -2.37. The second kappa shape index (κ2) is 3.64. The molecule has 3 rings (SSSR count). The first-order chi connectivity index (χ1) is 8.07. The lowest BCUT2D eigenvalue weighted by atomic mass is 10.1.